The number of rotatable bonds is 4. The molecule has 1 aliphatic rings. The topological polar surface area (TPSA) is 43.6 Å². The molecule has 0 N–H and O–H groups in total. The number of aryl methyl sites for hydroxylation is 1. The van der Waals surface area contributed by atoms with E-state index in [0.29, 0.717) is 10.7 Å². The van der Waals surface area contributed by atoms with Crippen LogP contribution in [0.1, 0.15) is 33.8 Å². The highest BCUT2D eigenvalue weighted by Gasteiger charge is 2.33. The zero-order valence-corrected chi connectivity index (χ0v) is 14.6. The molecule has 1 amide bonds. The maximum absolute atomic E-state index is 12.5. The number of amides is 1. The van der Waals surface area contributed by atoms with E-state index >= 15 is 0 Å². The number of thiazole rings is 1. The van der Waals surface area contributed by atoms with Crippen LogP contribution in [-0.2, 0) is 6.54 Å². The van der Waals surface area contributed by atoms with Gasteiger partial charge in [-0.15, -0.1) is 24.5 Å². The normalized spacial score (nSPS) is 15.5. The second kappa shape index (κ2) is 6.67. The first-order valence-electron chi connectivity index (χ1n) is 7.85. The Balaban J connectivity index is 1.97. The quantitative estimate of drug-likeness (QED) is 0.809. The van der Waals surface area contributed by atoms with Gasteiger partial charge in [0.1, 0.15) is 5.75 Å². The van der Waals surface area contributed by atoms with Crippen molar-refractivity contribution in [3.8, 4) is 5.75 Å². The minimum Gasteiger partial charge on any atom is -0.405 e. The van der Waals surface area contributed by atoms with E-state index in [0.717, 1.165) is 36.0 Å². The molecule has 4 nitrogen and oxygen atoms in total. The average Bonchev–Trinajstić information content (AvgIpc) is 3.30. The van der Waals surface area contributed by atoms with Crippen molar-refractivity contribution in [2.45, 2.75) is 39.6 Å². The monoisotopic (exact) mass is 370 g/mol. The highest BCUT2D eigenvalue weighted by molar-refractivity contribution is 7.09. The van der Waals surface area contributed by atoms with E-state index in [1.165, 1.54) is 29.5 Å². The highest BCUT2D eigenvalue weighted by Crippen LogP contribution is 2.31. The number of carbonyl (C=O) groups excluding carboxylic acids is 1. The summed E-state index contributed by atoms with van der Waals surface area (Å²) in [6.45, 7) is 4.68. The standard InChI is InChI=1S/C17H17F3N2O2S/c1-10-11(2)25-16(22(10)9-12-7-8-12)21-15(23)13-5-3-4-6-14(13)24-17(18,19)20/h3-6,12H,7-9H2,1-2H3/b21-16-. The van der Waals surface area contributed by atoms with Gasteiger partial charge in [-0.3, -0.25) is 4.79 Å². The molecule has 0 bridgehead atoms. The molecule has 0 radical (unpaired) electrons. The van der Waals surface area contributed by atoms with Gasteiger partial charge >= 0.3 is 6.36 Å². The van der Waals surface area contributed by atoms with Crippen LogP contribution in [0.3, 0.4) is 0 Å². The lowest BCUT2D eigenvalue weighted by atomic mass is 10.2. The molecule has 0 saturated heterocycles. The van der Waals surface area contributed by atoms with E-state index in [-0.39, 0.29) is 5.56 Å². The van der Waals surface area contributed by atoms with Crippen LogP contribution in [0, 0.1) is 19.8 Å². The van der Waals surface area contributed by atoms with E-state index in [1.807, 2.05) is 18.4 Å². The molecule has 3 rings (SSSR count). The maximum atomic E-state index is 12.5. The number of carbonyl (C=O) groups is 1. The largest absolute Gasteiger partial charge is 0.573 e. The number of halogens is 3. The molecule has 1 aromatic heterocycles. The molecule has 0 aliphatic heterocycles. The first-order chi connectivity index (χ1) is 11.7. The fourth-order valence-corrected chi connectivity index (χ4v) is 3.44. The van der Waals surface area contributed by atoms with E-state index in [9.17, 15) is 18.0 Å². The van der Waals surface area contributed by atoms with Crippen LogP contribution in [0.4, 0.5) is 13.2 Å². The lowest BCUT2D eigenvalue weighted by Crippen LogP contribution is -2.21. The summed E-state index contributed by atoms with van der Waals surface area (Å²) in [6, 6.07) is 5.25. The van der Waals surface area contributed by atoms with Gasteiger partial charge in [-0.1, -0.05) is 12.1 Å². The Kier molecular flexibility index (Phi) is 4.73. The molecule has 1 aromatic carbocycles. The molecule has 1 aliphatic carbocycles. The van der Waals surface area contributed by atoms with Crippen LogP contribution in [-0.4, -0.2) is 16.8 Å². The van der Waals surface area contributed by atoms with Gasteiger partial charge in [-0.25, -0.2) is 0 Å². The lowest BCUT2D eigenvalue weighted by Gasteiger charge is -2.11. The van der Waals surface area contributed by atoms with Crippen molar-refractivity contribution < 1.29 is 22.7 Å². The van der Waals surface area contributed by atoms with Gasteiger partial charge < -0.3 is 9.30 Å². The van der Waals surface area contributed by atoms with E-state index in [4.69, 9.17) is 0 Å². The summed E-state index contributed by atoms with van der Waals surface area (Å²) in [6.07, 6.45) is -2.56. The summed E-state index contributed by atoms with van der Waals surface area (Å²) in [5.74, 6) is -0.698. The van der Waals surface area contributed by atoms with E-state index in [2.05, 4.69) is 9.73 Å². The van der Waals surface area contributed by atoms with Crippen LogP contribution in [0.5, 0.6) is 5.75 Å². The van der Waals surface area contributed by atoms with Crippen molar-refractivity contribution in [1.82, 2.24) is 4.57 Å². The number of para-hydroxylation sites is 1. The van der Waals surface area contributed by atoms with Gasteiger partial charge in [-0.05, 0) is 44.7 Å². The highest BCUT2D eigenvalue weighted by atomic mass is 32.1. The third-order valence-corrected chi connectivity index (χ3v) is 5.16. The summed E-state index contributed by atoms with van der Waals surface area (Å²) in [4.78, 5) is 18.1. The molecule has 1 saturated carbocycles. The Bertz CT molecular complexity index is 864. The van der Waals surface area contributed by atoms with Gasteiger partial charge in [0.2, 0.25) is 0 Å². The molecule has 0 atom stereocenters. The van der Waals surface area contributed by atoms with Crippen molar-refractivity contribution in [3.63, 3.8) is 0 Å². The van der Waals surface area contributed by atoms with Crippen molar-refractivity contribution in [2.24, 2.45) is 10.9 Å². The molecule has 8 heteroatoms. The summed E-state index contributed by atoms with van der Waals surface area (Å²) >= 11 is 1.37. The van der Waals surface area contributed by atoms with Crippen molar-refractivity contribution in [1.29, 1.82) is 0 Å². The first kappa shape index (κ1) is 17.7. The fraction of sp³-hybridized carbons (Fsp3) is 0.412. The van der Waals surface area contributed by atoms with Crippen molar-refractivity contribution >= 4 is 17.2 Å². The third kappa shape index (κ3) is 4.31. The minimum atomic E-state index is -4.86. The molecule has 134 valence electrons. The van der Waals surface area contributed by atoms with Crippen LogP contribution < -0.4 is 9.54 Å². The molecular weight excluding hydrogens is 353 g/mol. The average molecular weight is 370 g/mol. The summed E-state index contributed by atoms with van der Waals surface area (Å²) < 4.78 is 43.5. The van der Waals surface area contributed by atoms with Gasteiger partial charge in [-0.2, -0.15) is 4.99 Å². The van der Waals surface area contributed by atoms with Crippen molar-refractivity contribution in [3.05, 3.63) is 45.2 Å². The molecular formula is C17H17F3N2O2S. The molecule has 2 aromatic rings. The Labute approximate surface area is 146 Å². The zero-order valence-electron chi connectivity index (χ0n) is 13.8. The number of ether oxygens (including phenoxy) is 1. The van der Waals surface area contributed by atoms with E-state index in [1.54, 1.807) is 0 Å². The fourth-order valence-electron chi connectivity index (χ4n) is 2.46. The molecule has 1 heterocycles. The van der Waals surface area contributed by atoms with Gasteiger partial charge in [0, 0.05) is 17.1 Å². The second-order valence-electron chi connectivity index (χ2n) is 6.04. The third-order valence-electron chi connectivity index (χ3n) is 4.07. The zero-order chi connectivity index (χ0) is 18.2. The Hall–Kier alpha value is -2.09. The molecule has 1 fully saturated rings. The van der Waals surface area contributed by atoms with Crippen LogP contribution in [0.15, 0.2) is 29.3 Å². The predicted molar refractivity (Wildman–Crippen MR) is 87.5 cm³/mol. The summed E-state index contributed by atoms with van der Waals surface area (Å²) in [5.41, 5.74) is 0.824. The molecule has 0 spiro atoms. The smallest absolute Gasteiger partial charge is 0.405 e. The minimum absolute atomic E-state index is 0.207. The van der Waals surface area contributed by atoms with Crippen LogP contribution in [0.2, 0.25) is 0 Å². The Morgan fingerprint density at radius 3 is 2.64 bits per heavy atom. The second-order valence-corrected chi connectivity index (χ2v) is 7.22. The predicted octanol–water partition coefficient (Wildman–Crippen LogP) is 4.22. The van der Waals surface area contributed by atoms with Crippen LogP contribution >= 0.6 is 11.3 Å². The number of aromatic nitrogens is 1. The van der Waals surface area contributed by atoms with Gasteiger partial charge in [0.05, 0.1) is 5.56 Å². The number of benzene rings is 1. The number of hydrogen-bond donors (Lipinski definition) is 0. The van der Waals surface area contributed by atoms with Gasteiger partial charge in [0.25, 0.3) is 5.91 Å². The lowest BCUT2D eigenvalue weighted by molar-refractivity contribution is -0.274. The number of alkyl halides is 3. The van der Waals surface area contributed by atoms with Crippen LogP contribution in [0.25, 0.3) is 0 Å². The summed E-state index contributed by atoms with van der Waals surface area (Å²) in [7, 11) is 0. The Morgan fingerprint density at radius 2 is 2.00 bits per heavy atom. The Morgan fingerprint density at radius 1 is 1.32 bits per heavy atom. The molecule has 25 heavy (non-hydrogen) atoms. The summed E-state index contributed by atoms with van der Waals surface area (Å²) in [5, 5.41) is 0. The maximum Gasteiger partial charge on any atom is 0.573 e. The first-order valence-corrected chi connectivity index (χ1v) is 8.67. The molecule has 0 unspecified atom stereocenters. The van der Waals surface area contributed by atoms with Gasteiger partial charge in [0.15, 0.2) is 4.80 Å². The van der Waals surface area contributed by atoms with Crippen molar-refractivity contribution in [2.75, 3.05) is 0 Å². The SMILES string of the molecule is Cc1s/c(=N\C(=O)c2ccccc2OC(F)(F)F)n(CC2CC2)c1C. The number of nitrogens with zero attached hydrogens (tertiary/aromatic N) is 2. The van der Waals surface area contributed by atoms with E-state index < -0.39 is 18.0 Å². The number of hydrogen-bond acceptors (Lipinski definition) is 3.